The van der Waals surface area contributed by atoms with Crippen LogP contribution in [0.5, 0.6) is 0 Å². The van der Waals surface area contributed by atoms with E-state index < -0.39 is 0 Å². The molecular formula is C16H20BrN3. The molecule has 20 heavy (non-hydrogen) atoms. The Morgan fingerprint density at radius 1 is 1.25 bits per heavy atom. The normalized spacial score (nSPS) is 10.6. The molecule has 3 nitrogen and oxygen atoms in total. The van der Waals surface area contributed by atoms with E-state index in [1.165, 1.54) is 11.3 Å². The molecule has 0 aliphatic rings. The summed E-state index contributed by atoms with van der Waals surface area (Å²) in [5, 5.41) is 3.17. The van der Waals surface area contributed by atoms with Gasteiger partial charge in [0.2, 0.25) is 0 Å². The average Bonchev–Trinajstić information content (AvgIpc) is 2.48. The molecule has 0 spiro atoms. The maximum atomic E-state index is 4.40. The molecule has 106 valence electrons. The molecule has 0 amide bonds. The van der Waals surface area contributed by atoms with Gasteiger partial charge in [-0.05, 0) is 43.8 Å². The van der Waals surface area contributed by atoms with E-state index in [9.17, 15) is 0 Å². The third kappa shape index (κ3) is 3.81. The van der Waals surface area contributed by atoms with Gasteiger partial charge in [0.25, 0.3) is 0 Å². The molecule has 4 heteroatoms. The summed E-state index contributed by atoms with van der Waals surface area (Å²) in [5.74, 6) is 0. The molecule has 0 saturated heterocycles. The maximum absolute atomic E-state index is 4.40. The molecule has 0 aliphatic heterocycles. The zero-order valence-corrected chi connectivity index (χ0v) is 13.5. The van der Waals surface area contributed by atoms with Gasteiger partial charge in [-0.1, -0.05) is 28.1 Å². The number of aromatic nitrogens is 1. The summed E-state index contributed by atoms with van der Waals surface area (Å²) >= 11 is 3.65. The Hall–Kier alpha value is -1.39. The van der Waals surface area contributed by atoms with E-state index in [0.29, 0.717) is 0 Å². The van der Waals surface area contributed by atoms with Crippen molar-refractivity contribution in [3.63, 3.8) is 0 Å². The SMILES string of the molecule is CCN(Cc1ccccn1)c1ccc(CNC)c(Br)c1. The van der Waals surface area contributed by atoms with Crippen molar-refractivity contribution in [3.05, 3.63) is 58.3 Å². The van der Waals surface area contributed by atoms with Gasteiger partial charge in [0.05, 0.1) is 12.2 Å². The van der Waals surface area contributed by atoms with Crippen LogP contribution in [0.3, 0.4) is 0 Å². The van der Waals surface area contributed by atoms with E-state index in [2.05, 4.69) is 62.3 Å². The predicted octanol–water partition coefficient (Wildman–Crippen LogP) is 3.59. The fraction of sp³-hybridized carbons (Fsp3) is 0.312. The van der Waals surface area contributed by atoms with Gasteiger partial charge in [-0.3, -0.25) is 4.98 Å². The summed E-state index contributed by atoms with van der Waals surface area (Å²) in [6.45, 7) is 4.81. The van der Waals surface area contributed by atoms with Gasteiger partial charge >= 0.3 is 0 Å². The number of nitrogens with one attached hydrogen (secondary N) is 1. The Bertz CT molecular complexity index is 543. The average molecular weight is 334 g/mol. The highest BCUT2D eigenvalue weighted by Gasteiger charge is 2.08. The molecule has 0 saturated carbocycles. The molecule has 0 fully saturated rings. The van der Waals surface area contributed by atoms with E-state index in [-0.39, 0.29) is 0 Å². The van der Waals surface area contributed by atoms with Crippen molar-refractivity contribution in [2.24, 2.45) is 0 Å². The molecule has 1 heterocycles. The molecule has 2 aromatic rings. The van der Waals surface area contributed by atoms with Crippen LogP contribution in [0.25, 0.3) is 0 Å². The predicted molar refractivity (Wildman–Crippen MR) is 87.9 cm³/mol. The minimum atomic E-state index is 0.829. The van der Waals surface area contributed by atoms with Crippen molar-refractivity contribution in [1.29, 1.82) is 0 Å². The second-order valence-electron chi connectivity index (χ2n) is 4.64. The Kier molecular flexibility index (Phi) is 5.56. The number of anilines is 1. The van der Waals surface area contributed by atoms with Crippen LogP contribution < -0.4 is 10.2 Å². The first-order valence-corrected chi connectivity index (χ1v) is 7.61. The number of rotatable bonds is 6. The lowest BCUT2D eigenvalue weighted by molar-refractivity contribution is 0.800. The molecule has 0 unspecified atom stereocenters. The van der Waals surface area contributed by atoms with Crippen molar-refractivity contribution >= 4 is 21.6 Å². The zero-order chi connectivity index (χ0) is 14.4. The van der Waals surface area contributed by atoms with Crippen molar-refractivity contribution in [1.82, 2.24) is 10.3 Å². The van der Waals surface area contributed by atoms with Gasteiger partial charge in [0.1, 0.15) is 0 Å². The summed E-state index contributed by atoms with van der Waals surface area (Å²) in [4.78, 5) is 6.71. The highest BCUT2D eigenvalue weighted by atomic mass is 79.9. The molecule has 0 atom stereocenters. The third-order valence-corrected chi connectivity index (χ3v) is 3.97. The summed E-state index contributed by atoms with van der Waals surface area (Å²) in [6, 6.07) is 12.6. The first-order chi connectivity index (χ1) is 9.74. The standard InChI is InChI=1S/C16H20BrN3/c1-3-20(12-14-6-4-5-9-19-14)15-8-7-13(11-18-2)16(17)10-15/h4-10,18H,3,11-12H2,1-2H3. The minimum Gasteiger partial charge on any atom is -0.366 e. The van der Waals surface area contributed by atoms with E-state index >= 15 is 0 Å². The minimum absolute atomic E-state index is 0.829. The van der Waals surface area contributed by atoms with Crippen LogP contribution >= 0.6 is 15.9 Å². The number of halogens is 1. The van der Waals surface area contributed by atoms with Gasteiger partial charge < -0.3 is 10.2 Å². The van der Waals surface area contributed by atoms with E-state index in [0.717, 1.165) is 29.8 Å². The van der Waals surface area contributed by atoms with E-state index in [4.69, 9.17) is 0 Å². The summed E-state index contributed by atoms with van der Waals surface area (Å²) < 4.78 is 1.14. The highest BCUT2D eigenvalue weighted by molar-refractivity contribution is 9.10. The van der Waals surface area contributed by atoms with Crippen molar-refractivity contribution < 1.29 is 0 Å². The lowest BCUT2D eigenvalue weighted by atomic mass is 10.2. The van der Waals surface area contributed by atoms with E-state index in [1.807, 2.05) is 25.4 Å². The molecular weight excluding hydrogens is 314 g/mol. The Morgan fingerprint density at radius 3 is 2.70 bits per heavy atom. The Morgan fingerprint density at radius 2 is 2.10 bits per heavy atom. The lowest BCUT2D eigenvalue weighted by Crippen LogP contribution is -2.22. The van der Waals surface area contributed by atoms with Gasteiger partial charge in [0, 0.05) is 29.4 Å². The maximum Gasteiger partial charge on any atom is 0.0601 e. The van der Waals surface area contributed by atoms with Gasteiger partial charge in [-0.15, -0.1) is 0 Å². The second kappa shape index (κ2) is 7.41. The highest BCUT2D eigenvalue weighted by Crippen LogP contribution is 2.25. The smallest absolute Gasteiger partial charge is 0.0601 e. The van der Waals surface area contributed by atoms with Gasteiger partial charge in [0.15, 0.2) is 0 Å². The van der Waals surface area contributed by atoms with Crippen LogP contribution in [-0.2, 0) is 13.1 Å². The van der Waals surface area contributed by atoms with Crippen molar-refractivity contribution in [2.75, 3.05) is 18.5 Å². The Labute approximate surface area is 129 Å². The fourth-order valence-electron chi connectivity index (χ4n) is 2.14. The Balaban J connectivity index is 2.17. The lowest BCUT2D eigenvalue weighted by Gasteiger charge is -2.23. The molecule has 0 bridgehead atoms. The first kappa shape index (κ1) is 15.0. The van der Waals surface area contributed by atoms with Gasteiger partial charge in [-0.25, -0.2) is 0 Å². The van der Waals surface area contributed by atoms with Crippen LogP contribution in [0.4, 0.5) is 5.69 Å². The molecule has 0 radical (unpaired) electrons. The summed E-state index contributed by atoms with van der Waals surface area (Å²) in [5.41, 5.74) is 3.57. The van der Waals surface area contributed by atoms with Crippen LogP contribution in [0.15, 0.2) is 47.1 Å². The number of pyridine rings is 1. The second-order valence-corrected chi connectivity index (χ2v) is 5.50. The first-order valence-electron chi connectivity index (χ1n) is 6.82. The zero-order valence-electron chi connectivity index (χ0n) is 11.9. The van der Waals surface area contributed by atoms with Crippen molar-refractivity contribution in [3.8, 4) is 0 Å². The molecule has 2 rings (SSSR count). The molecule has 0 aliphatic carbocycles. The number of hydrogen-bond donors (Lipinski definition) is 1. The topological polar surface area (TPSA) is 28.2 Å². The third-order valence-electron chi connectivity index (χ3n) is 3.23. The summed E-state index contributed by atoms with van der Waals surface area (Å²) in [7, 11) is 1.96. The van der Waals surface area contributed by atoms with Crippen molar-refractivity contribution in [2.45, 2.75) is 20.0 Å². The number of hydrogen-bond acceptors (Lipinski definition) is 3. The van der Waals surface area contributed by atoms with Crippen LogP contribution in [0, 0.1) is 0 Å². The van der Waals surface area contributed by atoms with Crippen LogP contribution in [0.2, 0.25) is 0 Å². The number of nitrogens with zero attached hydrogens (tertiary/aromatic N) is 2. The molecule has 1 aromatic heterocycles. The molecule has 1 N–H and O–H groups in total. The van der Waals surface area contributed by atoms with Crippen LogP contribution in [-0.4, -0.2) is 18.6 Å². The number of benzene rings is 1. The summed E-state index contributed by atoms with van der Waals surface area (Å²) in [6.07, 6.45) is 1.84. The van der Waals surface area contributed by atoms with Gasteiger partial charge in [-0.2, -0.15) is 0 Å². The van der Waals surface area contributed by atoms with Crippen LogP contribution in [0.1, 0.15) is 18.2 Å². The monoisotopic (exact) mass is 333 g/mol. The van der Waals surface area contributed by atoms with E-state index in [1.54, 1.807) is 0 Å². The largest absolute Gasteiger partial charge is 0.366 e. The fourth-order valence-corrected chi connectivity index (χ4v) is 2.65. The quantitative estimate of drug-likeness (QED) is 0.875. The molecule has 1 aromatic carbocycles.